The summed E-state index contributed by atoms with van der Waals surface area (Å²) in [6.45, 7) is 3.86. The lowest BCUT2D eigenvalue weighted by atomic mass is 10.2. The highest BCUT2D eigenvalue weighted by Gasteiger charge is 2.07. The maximum atomic E-state index is 6.02. The standard InChI is InChI=1S/C20H26ClN3O3/c1-5-22-20(24-13-15-7-8-16(21)11-18(15)26-3)23-12-14-6-9-17(25-2)19(10-14)27-4/h6-11H,5,12-13H2,1-4H3,(H2,22,23,24). The molecule has 2 aromatic rings. The van der Waals surface area contributed by atoms with Crippen LogP contribution in [0.2, 0.25) is 5.02 Å². The quantitative estimate of drug-likeness (QED) is 0.531. The summed E-state index contributed by atoms with van der Waals surface area (Å²) < 4.78 is 16.0. The number of benzene rings is 2. The number of aliphatic imine (C=N–C) groups is 1. The van der Waals surface area contributed by atoms with Gasteiger partial charge in [-0.3, -0.25) is 0 Å². The highest BCUT2D eigenvalue weighted by molar-refractivity contribution is 6.30. The Morgan fingerprint density at radius 3 is 2.33 bits per heavy atom. The van der Waals surface area contributed by atoms with Crippen LogP contribution in [-0.4, -0.2) is 33.8 Å². The van der Waals surface area contributed by atoms with E-state index in [0.29, 0.717) is 35.6 Å². The lowest BCUT2D eigenvalue weighted by Crippen LogP contribution is -2.36. The van der Waals surface area contributed by atoms with Crippen LogP contribution in [0.15, 0.2) is 41.4 Å². The van der Waals surface area contributed by atoms with Crippen molar-refractivity contribution in [1.29, 1.82) is 0 Å². The molecule has 27 heavy (non-hydrogen) atoms. The fraction of sp³-hybridized carbons (Fsp3) is 0.350. The van der Waals surface area contributed by atoms with Crippen molar-refractivity contribution in [2.24, 2.45) is 4.99 Å². The number of rotatable bonds is 8. The first kappa shape index (κ1) is 20.7. The Kier molecular flexibility index (Phi) is 8.07. The molecule has 0 atom stereocenters. The van der Waals surface area contributed by atoms with Crippen LogP contribution in [0.5, 0.6) is 17.2 Å². The number of nitrogens with one attached hydrogen (secondary N) is 2. The van der Waals surface area contributed by atoms with Gasteiger partial charge in [0.2, 0.25) is 0 Å². The van der Waals surface area contributed by atoms with Crippen LogP contribution in [0.1, 0.15) is 18.1 Å². The molecule has 0 aromatic heterocycles. The van der Waals surface area contributed by atoms with Gasteiger partial charge in [0.05, 0.1) is 27.9 Å². The molecule has 0 heterocycles. The molecule has 2 rings (SSSR count). The Labute approximate surface area is 165 Å². The van der Waals surface area contributed by atoms with Crippen LogP contribution in [0.3, 0.4) is 0 Å². The summed E-state index contributed by atoms with van der Waals surface area (Å²) in [5.74, 6) is 2.84. The van der Waals surface area contributed by atoms with Crippen LogP contribution >= 0.6 is 11.6 Å². The molecule has 6 nitrogen and oxygen atoms in total. The number of hydrogen-bond acceptors (Lipinski definition) is 4. The van der Waals surface area contributed by atoms with Gasteiger partial charge in [0.25, 0.3) is 0 Å². The van der Waals surface area contributed by atoms with Crippen molar-refractivity contribution in [3.8, 4) is 17.2 Å². The molecule has 2 N–H and O–H groups in total. The van der Waals surface area contributed by atoms with Crippen molar-refractivity contribution < 1.29 is 14.2 Å². The first-order chi connectivity index (χ1) is 13.1. The number of methoxy groups -OCH3 is 3. The maximum Gasteiger partial charge on any atom is 0.191 e. The van der Waals surface area contributed by atoms with E-state index >= 15 is 0 Å². The third kappa shape index (κ3) is 5.96. The van der Waals surface area contributed by atoms with Gasteiger partial charge < -0.3 is 24.8 Å². The molecular weight excluding hydrogens is 366 g/mol. The molecular formula is C20H26ClN3O3. The maximum absolute atomic E-state index is 6.02. The molecule has 0 fully saturated rings. The molecule has 0 saturated carbocycles. The summed E-state index contributed by atoms with van der Waals surface area (Å²) in [5, 5.41) is 7.19. The predicted octanol–water partition coefficient (Wildman–Crippen LogP) is 3.62. The first-order valence-corrected chi connectivity index (χ1v) is 9.04. The van der Waals surface area contributed by atoms with E-state index < -0.39 is 0 Å². The molecule has 0 saturated heterocycles. The smallest absolute Gasteiger partial charge is 0.191 e. The molecule has 0 spiro atoms. The lowest BCUT2D eigenvalue weighted by Gasteiger charge is -2.14. The van der Waals surface area contributed by atoms with E-state index in [1.807, 2.05) is 37.3 Å². The Hall–Kier alpha value is -2.60. The average molecular weight is 392 g/mol. The van der Waals surface area contributed by atoms with Gasteiger partial charge in [-0.2, -0.15) is 0 Å². The first-order valence-electron chi connectivity index (χ1n) is 8.66. The fourth-order valence-corrected chi connectivity index (χ4v) is 2.70. The summed E-state index contributed by atoms with van der Waals surface area (Å²) >= 11 is 6.02. The van der Waals surface area contributed by atoms with Gasteiger partial charge in [0, 0.05) is 23.7 Å². The molecule has 0 unspecified atom stereocenters. The molecule has 2 aromatic carbocycles. The van der Waals surface area contributed by atoms with E-state index in [1.165, 1.54) is 0 Å². The molecule has 7 heteroatoms. The third-order valence-corrected chi connectivity index (χ3v) is 4.14. The summed E-state index contributed by atoms with van der Waals surface area (Å²) in [6, 6.07) is 11.3. The van der Waals surface area contributed by atoms with Crippen molar-refractivity contribution in [2.45, 2.75) is 20.0 Å². The number of guanidine groups is 1. The molecule has 0 radical (unpaired) electrons. The Morgan fingerprint density at radius 2 is 1.67 bits per heavy atom. The Balaban J connectivity index is 2.08. The van der Waals surface area contributed by atoms with Crippen LogP contribution in [0.25, 0.3) is 0 Å². The minimum atomic E-state index is 0.507. The number of ether oxygens (including phenoxy) is 3. The second kappa shape index (κ2) is 10.5. The SMILES string of the molecule is CCNC(=NCc1ccc(OC)c(OC)c1)NCc1ccc(Cl)cc1OC. The third-order valence-electron chi connectivity index (χ3n) is 3.91. The molecule has 0 aliphatic heterocycles. The Morgan fingerprint density at radius 1 is 0.926 bits per heavy atom. The van der Waals surface area contributed by atoms with Gasteiger partial charge in [-0.15, -0.1) is 0 Å². The zero-order valence-corrected chi connectivity index (χ0v) is 16.9. The van der Waals surface area contributed by atoms with Gasteiger partial charge >= 0.3 is 0 Å². The number of hydrogen-bond donors (Lipinski definition) is 2. The zero-order chi connectivity index (χ0) is 19.6. The average Bonchev–Trinajstić information content (AvgIpc) is 2.70. The van der Waals surface area contributed by atoms with Gasteiger partial charge in [-0.25, -0.2) is 4.99 Å². The Bertz CT molecular complexity index is 781. The minimum Gasteiger partial charge on any atom is -0.496 e. The van der Waals surface area contributed by atoms with Crippen LogP contribution in [0.4, 0.5) is 0 Å². The predicted molar refractivity (Wildman–Crippen MR) is 109 cm³/mol. The molecule has 146 valence electrons. The molecule has 0 amide bonds. The highest BCUT2D eigenvalue weighted by Crippen LogP contribution is 2.27. The van der Waals surface area contributed by atoms with Crippen molar-refractivity contribution in [1.82, 2.24) is 10.6 Å². The second-order valence-electron chi connectivity index (χ2n) is 5.69. The van der Waals surface area contributed by atoms with Crippen molar-refractivity contribution in [3.63, 3.8) is 0 Å². The van der Waals surface area contributed by atoms with Gasteiger partial charge in [0.15, 0.2) is 17.5 Å². The van der Waals surface area contributed by atoms with E-state index in [2.05, 4.69) is 15.6 Å². The summed E-state index contributed by atoms with van der Waals surface area (Å²) in [7, 11) is 4.87. The summed E-state index contributed by atoms with van der Waals surface area (Å²) in [5.41, 5.74) is 2.02. The van der Waals surface area contributed by atoms with E-state index in [0.717, 1.165) is 23.4 Å². The van der Waals surface area contributed by atoms with Gasteiger partial charge in [-0.05, 0) is 36.8 Å². The molecule has 0 bridgehead atoms. The summed E-state index contributed by atoms with van der Waals surface area (Å²) in [4.78, 5) is 4.63. The van der Waals surface area contributed by atoms with E-state index in [9.17, 15) is 0 Å². The van der Waals surface area contributed by atoms with Gasteiger partial charge in [-0.1, -0.05) is 23.7 Å². The van der Waals surface area contributed by atoms with Crippen molar-refractivity contribution in [2.75, 3.05) is 27.9 Å². The van der Waals surface area contributed by atoms with E-state index in [1.54, 1.807) is 27.4 Å². The number of nitrogens with zero attached hydrogens (tertiary/aromatic N) is 1. The van der Waals surface area contributed by atoms with Crippen LogP contribution < -0.4 is 24.8 Å². The van der Waals surface area contributed by atoms with Crippen molar-refractivity contribution in [3.05, 3.63) is 52.5 Å². The topological polar surface area (TPSA) is 64.1 Å². The highest BCUT2D eigenvalue weighted by atomic mass is 35.5. The second-order valence-corrected chi connectivity index (χ2v) is 6.13. The van der Waals surface area contributed by atoms with E-state index in [-0.39, 0.29) is 0 Å². The normalized spacial score (nSPS) is 11.1. The van der Waals surface area contributed by atoms with E-state index in [4.69, 9.17) is 25.8 Å². The van der Waals surface area contributed by atoms with Crippen LogP contribution in [-0.2, 0) is 13.1 Å². The zero-order valence-electron chi connectivity index (χ0n) is 16.1. The lowest BCUT2D eigenvalue weighted by molar-refractivity contribution is 0.354. The van der Waals surface area contributed by atoms with Gasteiger partial charge in [0.1, 0.15) is 5.75 Å². The fourth-order valence-electron chi connectivity index (χ4n) is 2.53. The number of halogens is 1. The van der Waals surface area contributed by atoms with Crippen molar-refractivity contribution >= 4 is 17.6 Å². The summed E-state index contributed by atoms with van der Waals surface area (Å²) in [6.07, 6.45) is 0. The molecule has 0 aliphatic carbocycles. The monoisotopic (exact) mass is 391 g/mol. The minimum absolute atomic E-state index is 0.507. The van der Waals surface area contributed by atoms with Crippen LogP contribution in [0, 0.1) is 0 Å². The largest absolute Gasteiger partial charge is 0.496 e. The molecule has 0 aliphatic rings.